The van der Waals surface area contributed by atoms with Crippen molar-refractivity contribution in [2.45, 2.75) is 35.5 Å². The lowest BCUT2D eigenvalue weighted by molar-refractivity contribution is 0.0594. The molecular formula is C19H19NO6S. The third-order valence-electron chi connectivity index (χ3n) is 5.10. The lowest BCUT2D eigenvalue weighted by Gasteiger charge is -2.22. The minimum absolute atomic E-state index is 0.128. The van der Waals surface area contributed by atoms with Crippen LogP contribution in [-0.4, -0.2) is 44.9 Å². The number of nitrogens with one attached hydrogen (secondary N) is 1. The van der Waals surface area contributed by atoms with Crippen molar-refractivity contribution in [2.24, 2.45) is 0 Å². The summed E-state index contributed by atoms with van der Waals surface area (Å²) in [5.41, 5.74) is 0.990. The Kier molecular flexibility index (Phi) is 4.41. The van der Waals surface area contributed by atoms with Crippen LogP contribution >= 0.6 is 0 Å². The van der Waals surface area contributed by atoms with E-state index in [0.29, 0.717) is 16.9 Å². The number of aliphatic hydroxyl groups excluding tert-OH is 1. The van der Waals surface area contributed by atoms with Crippen LogP contribution in [0.4, 0.5) is 0 Å². The molecule has 1 saturated carbocycles. The molecule has 0 spiro atoms. The summed E-state index contributed by atoms with van der Waals surface area (Å²) in [7, 11) is -2.52. The molecule has 8 heteroatoms. The highest BCUT2D eigenvalue weighted by atomic mass is 32.2. The Hall–Kier alpha value is -2.42. The van der Waals surface area contributed by atoms with E-state index in [1.807, 2.05) is 0 Å². The molecule has 4 rings (SSSR count). The Balaban J connectivity index is 1.69. The normalized spacial score (nSPS) is 26.1. The topological polar surface area (TPSA) is 102 Å². The lowest BCUT2D eigenvalue weighted by Crippen LogP contribution is -2.43. The first-order chi connectivity index (χ1) is 12.9. The lowest BCUT2D eigenvalue weighted by atomic mass is 9.93. The van der Waals surface area contributed by atoms with Gasteiger partial charge in [0, 0.05) is 17.9 Å². The Bertz CT molecular complexity index is 975. The molecule has 0 aromatic heterocycles. The van der Waals surface area contributed by atoms with Crippen LogP contribution in [0.25, 0.3) is 0 Å². The number of ether oxygens (including phenoxy) is 2. The van der Waals surface area contributed by atoms with Gasteiger partial charge in [0.2, 0.25) is 10.0 Å². The molecule has 2 aromatic carbocycles. The van der Waals surface area contributed by atoms with Crippen LogP contribution in [0.1, 0.15) is 28.3 Å². The molecule has 0 radical (unpaired) electrons. The van der Waals surface area contributed by atoms with Gasteiger partial charge in [-0.25, -0.2) is 17.9 Å². The first kappa shape index (κ1) is 18.0. The molecule has 0 bridgehead atoms. The molecule has 7 nitrogen and oxygen atoms in total. The Morgan fingerprint density at radius 3 is 2.63 bits per heavy atom. The van der Waals surface area contributed by atoms with E-state index in [-0.39, 0.29) is 11.3 Å². The van der Waals surface area contributed by atoms with E-state index in [4.69, 9.17) is 9.47 Å². The van der Waals surface area contributed by atoms with E-state index in [1.165, 1.54) is 19.2 Å². The maximum Gasteiger partial charge on any atom is 0.341 e. The van der Waals surface area contributed by atoms with Crippen LogP contribution in [0.15, 0.2) is 53.4 Å². The van der Waals surface area contributed by atoms with Crippen LogP contribution in [0.3, 0.4) is 0 Å². The molecule has 2 aromatic rings. The molecule has 1 aliphatic carbocycles. The highest BCUT2D eigenvalue weighted by Gasteiger charge is 2.51. The highest BCUT2D eigenvalue weighted by Crippen LogP contribution is 2.49. The van der Waals surface area contributed by atoms with Crippen molar-refractivity contribution in [3.63, 3.8) is 0 Å². The van der Waals surface area contributed by atoms with Gasteiger partial charge >= 0.3 is 5.97 Å². The van der Waals surface area contributed by atoms with Crippen molar-refractivity contribution in [3.8, 4) is 5.75 Å². The molecule has 27 heavy (non-hydrogen) atoms. The van der Waals surface area contributed by atoms with E-state index >= 15 is 0 Å². The molecule has 1 fully saturated rings. The van der Waals surface area contributed by atoms with Gasteiger partial charge in [-0.2, -0.15) is 0 Å². The first-order valence-electron chi connectivity index (χ1n) is 8.55. The molecular weight excluding hydrogens is 370 g/mol. The number of rotatable bonds is 4. The van der Waals surface area contributed by atoms with Crippen LogP contribution in [-0.2, 0) is 14.8 Å². The molecule has 1 aliphatic heterocycles. The van der Waals surface area contributed by atoms with E-state index in [9.17, 15) is 18.3 Å². The van der Waals surface area contributed by atoms with E-state index < -0.39 is 40.2 Å². The molecule has 0 amide bonds. The standard InChI is InChI=1S/C19H19NO6S/c1-25-19(22)13-9-5-8-12-16-15(26-18(12)13)10-14(21)17(16)20-27(23,24)11-6-3-2-4-7-11/h2-9,14-17,20-21H,10H2,1H3/t14?,15?,16-,17?/m1/s1. The molecule has 0 saturated heterocycles. The second-order valence-electron chi connectivity index (χ2n) is 6.66. The largest absolute Gasteiger partial charge is 0.488 e. The summed E-state index contributed by atoms with van der Waals surface area (Å²) in [4.78, 5) is 12.1. The van der Waals surface area contributed by atoms with Gasteiger partial charge in [-0.3, -0.25) is 0 Å². The number of para-hydroxylation sites is 1. The molecule has 142 valence electrons. The van der Waals surface area contributed by atoms with Crippen LogP contribution in [0.5, 0.6) is 5.75 Å². The van der Waals surface area contributed by atoms with Gasteiger partial charge in [0.15, 0.2) is 0 Å². The number of hydrogen-bond donors (Lipinski definition) is 2. The zero-order valence-electron chi connectivity index (χ0n) is 14.5. The minimum atomic E-state index is -3.81. The van der Waals surface area contributed by atoms with Gasteiger partial charge in [0.05, 0.1) is 24.2 Å². The van der Waals surface area contributed by atoms with Crippen LogP contribution in [0, 0.1) is 0 Å². The number of fused-ring (bicyclic) bond motifs is 3. The van der Waals surface area contributed by atoms with E-state index in [0.717, 1.165) is 0 Å². The predicted molar refractivity (Wildman–Crippen MR) is 96.1 cm³/mol. The van der Waals surface area contributed by atoms with Gasteiger partial charge in [-0.15, -0.1) is 0 Å². The van der Waals surface area contributed by atoms with Crippen LogP contribution in [0.2, 0.25) is 0 Å². The fourth-order valence-electron chi connectivity index (χ4n) is 3.89. The maximum absolute atomic E-state index is 12.7. The summed E-state index contributed by atoms with van der Waals surface area (Å²) >= 11 is 0. The number of benzene rings is 2. The molecule has 4 atom stereocenters. The zero-order chi connectivity index (χ0) is 19.2. The predicted octanol–water partition coefficient (Wildman–Crippen LogP) is 1.43. The zero-order valence-corrected chi connectivity index (χ0v) is 15.3. The molecule has 1 heterocycles. The monoisotopic (exact) mass is 389 g/mol. The second kappa shape index (κ2) is 6.63. The summed E-state index contributed by atoms with van der Waals surface area (Å²) < 4.78 is 38.8. The SMILES string of the molecule is COC(=O)c1cccc2c1OC1CC(O)C(NS(=O)(=O)c3ccccc3)[C@H]21. The Morgan fingerprint density at radius 1 is 1.19 bits per heavy atom. The fourth-order valence-corrected chi connectivity index (χ4v) is 5.20. The third-order valence-corrected chi connectivity index (χ3v) is 6.57. The number of carbonyl (C=O) groups excluding carboxylic acids is 1. The average molecular weight is 389 g/mol. The third kappa shape index (κ3) is 2.99. The quantitative estimate of drug-likeness (QED) is 0.767. The number of sulfonamides is 1. The average Bonchev–Trinajstić information content (AvgIpc) is 3.17. The summed E-state index contributed by atoms with van der Waals surface area (Å²) in [5, 5.41) is 10.5. The molecule has 3 unspecified atom stereocenters. The van der Waals surface area contributed by atoms with Crippen molar-refractivity contribution in [1.29, 1.82) is 0 Å². The summed E-state index contributed by atoms with van der Waals surface area (Å²) in [6.07, 6.45) is -1.04. The highest BCUT2D eigenvalue weighted by molar-refractivity contribution is 7.89. The number of carbonyl (C=O) groups is 1. The summed E-state index contributed by atoms with van der Waals surface area (Å²) in [5.74, 6) is -0.512. The number of hydrogen-bond acceptors (Lipinski definition) is 6. The Labute approximate surface area is 157 Å². The second-order valence-corrected chi connectivity index (χ2v) is 8.37. The number of aliphatic hydroxyl groups is 1. The van der Waals surface area contributed by atoms with Gasteiger partial charge < -0.3 is 14.6 Å². The van der Waals surface area contributed by atoms with Crippen molar-refractivity contribution in [3.05, 3.63) is 59.7 Å². The van der Waals surface area contributed by atoms with Gasteiger partial charge in [-0.1, -0.05) is 30.3 Å². The van der Waals surface area contributed by atoms with E-state index in [2.05, 4.69) is 4.72 Å². The number of methoxy groups -OCH3 is 1. The fraction of sp³-hybridized carbons (Fsp3) is 0.316. The van der Waals surface area contributed by atoms with Crippen LogP contribution < -0.4 is 9.46 Å². The first-order valence-corrected chi connectivity index (χ1v) is 10.0. The van der Waals surface area contributed by atoms with Crippen molar-refractivity contribution >= 4 is 16.0 Å². The van der Waals surface area contributed by atoms with Crippen molar-refractivity contribution in [2.75, 3.05) is 7.11 Å². The molecule has 2 N–H and O–H groups in total. The number of esters is 1. The molecule has 2 aliphatic rings. The van der Waals surface area contributed by atoms with Crippen molar-refractivity contribution in [1.82, 2.24) is 4.72 Å². The maximum atomic E-state index is 12.7. The van der Waals surface area contributed by atoms with Gasteiger partial charge in [0.1, 0.15) is 17.4 Å². The van der Waals surface area contributed by atoms with Crippen molar-refractivity contribution < 1.29 is 27.8 Å². The summed E-state index contributed by atoms with van der Waals surface area (Å²) in [6.45, 7) is 0. The minimum Gasteiger partial charge on any atom is -0.488 e. The van der Waals surface area contributed by atoms with Gasteiger partial charge in [0.25, 0.3) is 0 Å². The van der Waals surface area contributed by atoms with E-state index in [1.54, 1.807) is 36.4 Å². The van der Waals surface area contributed by atoms with Gasteiger partial charge in [-0.05, 0) is 18.2 Å². The Morgan fingerprint density at radius 2 is 1.93 bits per heavy atom. The summed E-state index contributed by atoms with van der Waals surface area (Å²) in [6, 6.07) is 12.3. The smallest absolute Gasteiger partial charge is 0.341 e.